The van der Waals surface area contributed by atoms with Crippen LogP contribution >= 0.6 is 0 Å². The lowest BCUT2D eigenvalue weighted by atomic mass is 9.97. The molecule has 1 fully saturated rings. The number of rotatable bonds is 4. The van der Waals surface area contributed by atoms with E-state index in [4.69, 9.17) is 11.7 Å². The monoisotopic (exact) mass is 336 g/mol. The first-order valence-corrected chi connectivity index (χ1v) is 7.99. The highest BCUT2D eigenvalue weighted by molar-refractivity contribution is 5.98. The van der Waals surface area contributed by atoms with Crippen molar-refractivity contribution in [2.45, 2.75) is 25.7 Å². The molecule has 0 amide bonds. The van der Waals surface area contributed by atoms with Crippen molar-refractivity contribution < 1.29 is 0 Å². The molecule has 2 aliphatic heterocycles. The summed E-state index contributed by atoms with van der Waals surface area (Å²) in [5, 5.41) is 12.5. The summed E-state index contributed by atoms with van der Waals surface area (Å²) >= 11 is 0. The van der Waals surface area contributed by atoms with Gasteiger partial charge >= 0.3 is 0 Å². The highest BCUT2D eigenvalue weighted by Crippen LogP contribution is 2.13. The Bertz CT molecular complexity index is 502. The molecule has 12 heteroatoms. The molecule has 0 bridgehead atoms. The Morgan fingerprint density at radius 2 is 1.17 bits per heavy atom. The molecule has 3 aliphatic rings. The van der Waals surface area contributed by atoms with Crippen molar-refractivity contribution in [2.24, 2.45) is 31.9 Å². The summed E-state index contributed by atoms with van der Waals surface area (Å²) < 4.78 is 0. The molecule has 0 atom stereocenters. The summed E-state index contributed by atoms with van der Waals surface area (Å²) in [6.07, 6.45) is 3.50. The number of nitrogens with one attached hydrogen (secondary N) is 4. The van der Waals surface area contributed by atoms with E-state index in [0.717, 1.165) is 50.2 Å². The summed E-state index contributed by atoms with van der Waals surface area (Å²) in [7, 11) is 0. The molecular weight excluding hydrogens is 312 g/mol. The van der Waals surface area contributed by atoms with Gasteiger partial charge in [-0.15, -0.1) is 0 Å². The predicted octanol–water partition coefficient (Wildman–Crippen LogP) is -2.45. The van der Waals surface area contributed by atoms with Gasteiger partial charge in [-0.05, 0) is 25.7 Å². The molecule has 2 heterocycles. The highest BCUT2D eigenvalue weighted by Gasteiger charge is 2.18. The Hall–Kier alpha value is -2.60. The molecule has 1 saturated carbocycles. The van der Waals surface area contributed by atoms with Crippen LogP contribution in [0.15, 0.2) is 20.2 Å². The van der Waals surface area contributed by atoms with E-state index in [0.29, 0.717) is 25.0 Å². The lowest BCUT2D eigenvalue weighted by molar-refractivity contribution is 0.332. The van der Waals surface area contributed by atoms with Crippen molar-refractivity contribution in [1.29, 1.82) is 0 Å². The minimum atomic E-state index is 0.609. The van der Waals surface area contributed by atoms with Crippen LogP contribution in [0.1, 0.15) is 25.7 Å². The predicted molar refractivity (Wildman–Crippen MR) is 92.3 cm³/mol. The fourth-order valence-electron chi connectivity index (χ4n) is 2.65. The zero-order valence-corrected chi connectivity index (χ0v) is 13.5. The smallest absolute Gasteiger partial charge is 0.228 e. The van der Waals surface area contributed by atoms with E-state index < -0.39 is 0 Å². The van der Waals surface area contributed by atoms with Crippen molar-refractivity contribution in [3.05, 3.63) is 0 Å². The maximum atomic E-state index is 5.40. The van der Waals surface area contributed by atoms with Gasteiger partial charge in [0.25, 0.3) is 0 Å². The van der Waals surface area contributed by atoms with Crippen LogP contribution in [-0.2, 0) is 0 Å². The summed E-state index contributed by atoms with van der Waals surface area (Å²) in [5.41, 5.74) is 13.3. The first-order chi connectivity index (χ1) is 11.8. The van der Waals surface area contributed by atoms with Gasteiger partial charge < -0.3 is 0 Å². The van der Waals surface area contributed by atoms with Crippen LogP contribution < -0.4 is 33.6 Å². The number of hydrazine groups is 4. The van der Waals surface area contributed by atoms with Crippen LogP contribution in [0.4, 0.5) is 0 Å². The third-order valence-corrected chi connectivity index (χ3v) is 4.00. The normalized spacial score (nSPS) is 20.6. The van der Waals surface area contributed by atoms with E-state index in [-0.39, 0.29) is 0 Å². The van der Waals surface area contributed by atoms with Crippen molar-refractivity contribution in [3.63, 3.8) is 0 Å². The largest absolute Gasteiger partial charge is 0.293 e. The standard InChI is InChI=1S/C12H24N12/c13-17-11-15-5-7-23(11)21-19-9-1-2-10(4-3-9)20-22-24-8-6-16-12(24)18-14/h21-22H,1-8,13-14H2,(H,15,17)(H,16,18). The fourth-order valence-corrected chi connectivity index (χ4v) is 2.65. The van der Waals surface area contributed by atoms with Crippen LogP contribution in [0, 0.1) is 0 Å². The maximum Gasteiger partial charge on any atom is 0.228 e. The highest BCUT2D eigenvalue weighted by atomic mass is 15.7. The van der Waals surface area contributed by atoms with Crippen LogP contribution in [0.5, 0.6) is 0 Å². The Morgan fingerprint density at radius 3 is 1.54 bits per heavy atom. The van der Waals surface area contributed by atoms with Crippen molar-refractivity contribution in [2.75, 3.05) is 26.2 Å². The lowest BCUT2D eigenvalue weighted by Gasteiger charge is -2.22. The number of hydrogen-bond acceptors (Lipinski definition) is 12. The Balaban J connectivity index is 1.44. The minimum absolute atomic E-state index is 0.609. The average Bonchev–Trinajstić information content (AvgIpc) is 3.27. The van der Waals surface area contributed by atoms with E-state index in [1.54, 1.807) is 10.0 Å². The van der Waals surface area contributed by atoms with Crippen molar-refractivity contribution >= 4 is 23.3 Å². The first-order valence-electron chi connectivity index (χ1n) is 7.99. The molecule has 0 aromatic carbocycles. The van der Waals surface area contributed by atoms with E-state index in [2.05, 4.69) is 42.1 Å². The molecule has 0 radical (unpaired) electrons. The van der Waals surface area contributed by atoms with Gasteiger partial charge in [0.1, 0.15) is 0 Å². The number of nitrogens with two attached hydrogens (primary N) is 2. The minimum Gasteiger partial charge on any atom is -0.293 e. The van der Waals surface area contributed by atoms with Gasteiger partial charge in [-0.25, -0.2) is 42.8 Å². The van der Waals surface area contributed by atoms with Crippen LogP contribution in [0.25, 0.3) is 0 Å². The summed E-state index contributed by atoms with van der Waals surface area (Å²) in [6, 6.07) is 0. The second-order valence-corrected chi connectivity index (χ2v) is 5.56. The van der Waals surface area contributed by atoms with Gasteiger partial charge in [-0.3, -0.25) is 10.9 Å². The fraction of sp³-hybridized carbons (Fsp3) is 0.667. The molecule has 3 rings (SSSR count). The number of hydrazone groups is 2. The van der Waals surface area contributed by atoms with Gasteiger partial charge in [0.15, 0.2) is 0 Å². The van der Waals surface area contributed by atoms with Crippen molar-refractivity contribution in [1.82, 2.24) is 31.9 Å². The molecule has 0 unspecified atom stereocenters. The Kier molecular flexibility index (Phi) is 5.28. The molecule has 0 saturated heterocycles. The van der Waals surface area contributed by atoms with Gasteiger partial charge in [0.2, 0.25) is 11.9 Å². The first kappa shape index (κ1) is 16.3. The van der Waals surface area contributed by atoms with E-state index >= 15 is 0 Å². The van der Waals surface area contributed by atoms with Gasteiger partial charge in [0.05, 0.1) is 26.2 Å². The molecule has 0 aromatic rings. The van der Waals surface area contributed by atoms with Crippen molar-refractivity contribution in [3.8, 4) is 0 Å². The Labute approximate surface area is 140 Å². The number of guanidine groups is 2. The van der Waals surface area contributed by atoms with Crippen LogP contribution in [-0.4, -0.2) is 59.5 Å². The molecule has 8 N–H and O–H groups in total. The van der Waals surface area contributed by atoms with E-state index in [9.17, 15) is 0 Å². The lowest BCUT2D eigenvalue weighted by Crippen LogP contribution is -2.48. The third kappa shape index (κ3) is 3.83. The zero-order valence-electron chi connectivity index (χ0n) is 13.5. The quantitative estimate of drug-likeness (QED) is 0.244. The average molecular weight is 336 g/mol. The summed E-state index contributed by atoms with van der Waals surface area (Å²) in [4.78, 5) is 8.41. The molecule has 132 valence electrons. The number of hydrogen-bond donors (Lipinski definition) is 6. The molecule has 0 aromatic heterocycles. The third-order valence-electron chi connectivity index (χ3n) is 4.00. The molecule has 0 spiro atoms. The second kappa shape index (κ2) is 7.79. The van der Waals surface area contributed by atoms with Crippen LogP contribution in [0.2, 0.25) is 0 Å². The van der Waals surface area contributed by atoms with Crippen LogP contribution in [0.3, 0.4) is 0 Å². The Morgan fingerprint density at radius 1 is 0.750 bits per heavy atom. The molecule has 12 nitrogen and oxygen atoms in total. The van der Waals surface area contributed by atoms with E-state index in [1.807, 2.05) is 0 Å². The topological polar surface area (TPSA) is 156 Å². The van der Waals surface area contributed by atoms with E-state index in [1.165, 1.54) is 0 Å². The second-order valence-electron chi connectivity index (χ2n) is 5.56. The number of aliphatic imine (C=N–C) groups is 2. The van der Waals surface area contributed by atoms with Gasteiger partial charge in [0, 0.05) is 11.4 Å². The summed E-state index contributed by atoms with van der Waals surface area (Å²) in [5.74, 6) is 12.0. The maximum absolute atomic E-state index is 5.40. The molecular formula is C12H24N12. The molecule has 1 aliphatic carbocycles. The van der Waals surface area contributed by atoms with Gasteiger partial charge in [-0.1, -0.05) is 0 Å². The summed E-state index contributed by atoms with van der Waals surface area (Å²) in [6.45, 7) is 2.92. The zero-order chi connectivity index (χ0) is 16.8. The molecule has 24 heavy (non-hydrogen) atoms. The SMILES string of the molecule is NNC1=NCCN1NN=C1CCC(=NNN2CCN=C2NN)CC1. The number of nitrogens with zero attached hydrogens (tertiary/aromatic N) is 6. The van der Waals surface area contributed by atoms with Gasteiger partial charge in [-0.2, -0.15) is 10.2 Å².